The minimum Gasteiger partial charge on any atom is -0.393 e. The SMILES string of the molecule is CC(C)C1C(C)C(C[C@@H](O)C2CCCC2)C(C)C(C(C)C)C1C(C)C. The lowest BCUT2D eigenvalue weighted by atomic mass is 9.50. The molecule has 2 fully saturated rings. The Labute approximate surface area is 158 Å². The Morgan fingerprint density at radius 3 is 1.48 bits per heavy atom. The molecule has 0 heterocycles. The molecule has 148 valence electrons. The topological polar surface area (TPSA) is 20.2 Å². The Balaban J connectivity index is 2.26. The molecule has 1 nitrogen and oxygen atoms in total. The zero-order valence-electron chi connectivity index (χ0n) is 18.3. The fourth-order valence-corrected chi connectivity index (χ4v) is 7.24. The Kier molecular flexibility index (Phi) is 7.45. The summed E-state index contributed by atoms with van der Waals surface area (Å²) in [6, 6.07) is 0. The number of hydrogen-bond donors (Lipinski definition) is 1. The number of rotatable bonds is 6. The van der Waals surface area contributed by atoms with E-state index in [1.54, 1.807) is 0 Å². The van der Waals surface area contributed by atoms with Gasteiger partial charge in [-0.15, -0.1) is 0 Å². The van der Waals surface area contributed by atoms with Gasteiger partial charge in [-0.1, -0.05) is 68.2 Å². The van der Waals surface area contributed by atoms with Crippen LogP contribution in [-0.4, -0.2) is 11.2 Å². The molecule has 25 heavy (non-hydrogen) atoms. The standard InChI is InChI=1S/C24H46O/c1-14(2)22-17(7)20(13-21(25)19-11-9-10-12-19)18(8)23(15(3)4)24(22)16(5)6/h14-25H,9-13H2,1-8H3/t17?,18?,20?,21-,22?,23?,24?/m1/s1. The molecule has 1 heteroatoms. The van der Waals surface area contributed by atoms with Gasteiger partial charge in [0.1, 0.15) is 0 Å². The van der Waals surface area contributed by atoms with E-state index in [4.69, 9.17) is 0 Å². The maximum Gasteiger partial charge on any atom is 0.0571 e. The van der Waals surface area contributed by atoms with Crippen molar-refractivity contribution < 1.29 is 5.11 Å². The van der Waals surface area contributed by atoms with Crippen molar-refractivity contribution in [3.8, 4) is 0 Å². The molecule has 4 unspecified atom stereocenters. The van der Waals surface area contributed by atoms with Crippen LogP contribution >= 0.6 is 0 Å². The second-order valence-corrected chi connectivity index (χ2v) is 10.7. The minimum atomic E-state index is -0.0615. The van der Waals surface area contributed by atoms with Crippen LogP contribution in [0, 0.1) is 59.2 Å². The van der Waals surface area contributed by atoms with Crippen LogP contribution in [0.25, 0.3) is 0 Å². The Morgan fingerprint density at radius 2 is 1.12 bits per heavy atom. The number of aliphatic hydroxyl groups excluding tert-OH is 1. The van der Waals surface area contributed by atoms with Crippen LogP contribution in [0.2, 0.25) is 0 Å². The van der Waals surface area contributed by atoms with Crippen molar-refractivity contribution in [2.24, 2.45) is 59.2 Å². The van der Waals surface area contributed by atoms with Gasteiger partial charge in [-0.2, -0.15) is 0 Å². The van der Waals surface area contributed by atoms with Crippen LogP contribution in [0.15, 0.2) is 0 Å². The summed E-state index contributed by atoms with van der Waals surface area (Å²) in [4.78, 5) is 0. The molecule has 0 aromatic heterocycles. The summed E-state index contributed by atoms with van der Waals surface area (Å²) in [5, 5.41) is 11.0. The first-order chi connectivity index (χ1) is 11.7. The average molecular weight is 351 g/mol. The van der Waals surface area contributed by atoms with Gasteiger partial charge in [0, 0.05) is 0 Å². The van der Waals surface area contributed by atoms with Crippen molar-refractivity contribution in [3.63, 3.8) is 0 Å². The largest absolute Gasteiger partial charge is 0.393 e. The van der Waals surface area contributed by atoms with E-state index < -0.39 is 0 Å². The first kappa shape index (κ1) is 21.3. The number of aliphatic hydroxyl groups is 1. The van der Waals surface area contributed by atoms with Crippen LogP contribution < -0.4 is 0 Å². The van der Waals surface area contributed by atoms with Gasteiger partial charge in [0.25, 0.3) is 0 Å². The molecule has 0 saturated heterocycles. The fraction of sp³-hybridized carbons (Fsp3) is 1.00. The van der Waals surface area contributed by atoms with Gasteiger partial charge in [0.2, 0.25) is 0 Å². The Morgan fingerprint density at radius 1 is 0.720 bits per heavy atom. The minimum absolute atomic E-state index is 0.0615. The summed E-state index contributed by atoms with van der Waals surface area (Å²) in [5.41, 5.74) is 0. The van der Waals surface area contributed by atoms with Crippen molar-refractivity contribution in [1.82, 2.24) is 0 Å². The van der Waals surface area contributed by atoms with Crippen molar-refractivity contribution in [1.29, 1.82) is 0 Å². The fourth-order valence-electron chi connectivity index (χ4n) is 7.24. The molecule has 2 aliphatic carbocycles. The molecule has 1 N–H and O–H groups in total. The monoisotopic (exact) mass is 350 g/mol. The summed E-state index contributed by atoms with van der Waals surface area (Å²) in [7, 11) is 0. The molecule has 0 aliphatic heterocycles. The molecule has 2 rings (SSSR count). The van der Waals surface area contributed by atoms with Gasteiger partial charge < -0.3 is 5.11 Å². The molecule has 0 aromatic rings. The van der Waals surface area contributed by atoms with E-state index in [1.165, 1.54) is 25.7 Å². The lowest BCUT2D eigenvalue weighted by molar-refractivity contribution is -0.0831. The molecule has 0 aromatic carbocycles. The van der Waals surface area contributed by atoms with Gasteiger partial charge in [-0.05, 0) is 78.4 Å². The summed E-state index contributed by atoms with van der Waals surface area (Å²) in [6.07, 6.45) is 6.16. The zero-order chi connectivity index (χ0) is 18.9. The highest BCUT2D eigenvalue weighted by Crippen LogP contribution is 2.55. The predicted octanol–water partition coefficient (Wildman–Crippen LogP) is 6.65. The Bertz CT molecular complexity index is 371. The second-order valence-electron chi connectivity index (χ2n) is 10.7. The third-order valence-corrected chi connectivity index (χ3v) is 8.22. The van der Waals surface area contributed by atoms with Crippen molar-refractivity contribution >= 4 is 0 Å². The van der Waals surface area contributed by atoms with Gasteiger partial charge in [-0.25, -0.2) is 0 Å². The van der Waals surface area contributed by atoms with Gasteiger partial charge in [0.05, 0.1) is 6.10 Å². The predicted molar refractivity (Wildman–Crippen MR) is 109 cm³/mol. The summed E-state index contributed by atoms with van der Waals surface area (Å²) >= 11 is 0. The lowest BCUT2D eigenvalue weighted by Gasteiger charge is -2.55. The van der Waals surface area contributed by atoms with Crippen LogP contribution in [0.5, 0.6) is 0 Å². The maximum absolute atomic E-state index is 11.0. The smallest absolute Gasteiger partial charge is 0.0571 e. The van der Waals surface area contributed by atoms with Crippen LogP contribution in [0.1, 0.15) is 87.5 Å². The van der Waals surface area contributed by atoms with E-state index in [0.29, 0.717) is 11.8 Å². The third kappa shape index (κ3) is 4.45. The molecule has 0 radical (unpaired) electrons. The van der Waals surface area contributed by atoms with Gasteiger partial charge >= 0.3 is 0 Å². The molecule has 0 amide bonds. The Hall–Kier alpha value is -0.0400. The van der Waals surface area contributed by atoms with E-state index in [-0.39, 0.29) is 6.10 Å². The highest BCUT2D eigenvalue weighted by atomic mass is 16.3. The zero-order valence-corrected chi connectivity index (χ0v) is 18.3. The molecule has 0 spiro atoms. The van der Waals surface area contributed by atoms with Crippen LogP contribution in [-0.2, 0) is 0 Å². The molecule has 0 bridgehead atoms. The maximum atomic E-state index is 11.0. The van der Waals surface area contributed by atoms with E-state index in [1.807, 2.05) is 0 Å². The second kappa shape index (κ2) is 8.77. The van der Waals surface area contributed by atoms with E-state index in [2.05, 4.69) is 55.4 Å². The highest BCUT2D eigenvalue weighted by molar-refractivity contribution is 4.98. The summed E-state index contributed by atoms with van der Waals surface area (Å²) < 4.78 is 0. The first-order valence-electron chi connectivity index (χ1n) is 11.3. The van der Waals surface area contributed by atoms with Crippen molar-refractivity contribution in [3.05, 3.63) is 0 Å². The molecule has 2 aliphatic rings. The van der Waals surface area contributed by atoms with Crippen LogP contribution in [0.4, 0.5) is 0 Å². The average Bonchev–Trinajstić information content (AvgIpc) is 3.03. The van der Waals surface area contributed by atoms with Crippen molar-refractivity contribution in [2.45, 2.75) is 93.6 Å². The highest BCUT2D eigenvalue weighted by Gasteiger charge is 2.49. The molecule has 2 saturated carbocycles. The summed E-state index contributed by atoms with van der Waals surface area (Å²) in [6.45, 7) is 19.7. The number of hydrogen-bond acceptors (Lipinski definition) is 1. The van der Waals surface area contributed by atoms with Gasteiger partial charge in [-0.3, -0.25) is 0 Å². The van der Waals surface area contributed by atoms with E-state index in [9.17, 15) is 5.11 Å². The normalized spacial score (nSPS) is 38.9. The van der Waals surface area contributed by atoms with Crippen LogP contribution in [0.3, 0.4) is 0 Å². The van der Waals surface area contributed by atoms with Crippen molar-refractivity contribution in [2.75, 3.05) is 0 Å². The quantitative estimate of drug-likeness (QED) is 0.569. The molecular formula is C24H46O. The van der Waals surface area contributed by atoms with E-state index in [0.717, 1.165) is 53.8 Å². The third-order valence-electron chi connectivity index (χ3n) is 8.22. The first-order valence-corrected chi connectivity index (χ1v) is 11.3. The van der Waals surface area contributed by atoms with Gasteiger partial charge in [0.15, 0.2) is 0 Å². The molecular weight excluding hydrogens is 304 g/mol. The summed E-state index contributed by atoms with van der Waals surface area (Å²) in [5.74, 6) is 7.37. The molecule has 5 atom stereocenters. The lowest BCUT2D eigenvalue weighted by Crippen LogP contribution is -2.50. The van der Waals surface area contributed by atoms with E-state index >= 15 is 0 Å².